The molecule has 156 valence electrons. The normalized spacial score (nSPS) is 15.9. The van der Waals surface area contributed by atoms with Crippen molar-refractivity contribution in [3.05, 3.63) is 35.4 Å². The first-order valence-electron chi connectivity index (χ1n) is 9.89. The molecule has 0 aliphatic heterocycles. The number of aliphatic hydroxyl groups is 2. The van der Waals surface area contributed by atoms with Gasteiger partial charge in [-0.2, -0.15) is 0 Å². The fraction of sp³-hybridized carbons (Fsp3) is 0.409. The Morgan fingerprint density at radius 3 is 2.70 bits per heavy atom. The van der Waals surface area contributed by atoms with E-state index >= 15 is 0 Å². The maximum absolute atomic E-state index is 10.5. The fourth-order valence-corrected chi connectivity index (χ4v) is 4.02. The van der Waals surface area contributed by atoms with Crippen molar-refractivity contribution in [2.75, 3.05) is 5.73 Å². The number of anilines is 1. The van der Waals surface area contributed by atoms with Crippen molar-refractivity contribution in [1.82, 2.24) is 19.5 Å². The van der Waals surface area contributed by atoms with Gasteiger partial charge in [-0.05, 0) is 51.5 Å². The van der Waals surface area contributed by atoms with Gasteiger partial charge >= 0.3 is 0 Å². The molecule has 1 saturated carbocycles. The first-order chi connectivity index (χ1) is 14.1. The van der Waals surface area contributed by atoms with E-state index in [-0.39, 0.29) is 5.95 Å². The molecule has 1 fully saturated rings. The SMILES string of the molecule is CC(C)(O)Cn1cc(-c2nc(N)ncc2Cl)c2cc(C#CC3(O)CCCC3)ncc21. The van der Waals surface area contributed by atoms with Crippen molar-refractivity contribution < 1.29 is 10.2 Å². The van der Waals surface area contributed by atoms with Crippen LogP contribution in [-0.4, -0.2) is 40.9 Å². The van der Waals surface area contributed by atoms with Crippen LogP contribution in [-0.2, 0) is 6.54 Å². The van der Waals surface area contributed by atoms with E-state index in [0.717, 1.165) is 29.3 Å². The maximum Gasteiger partial charge on any atom is 0.220 e. The first kappa shape index (κ1) is 20.6. The molecule has 8 heteroatoms. The molecule has 0 atom stereocenters. The third kappa shape index (κ3) is 4.26. The summed E-state index contributed by atoms with van der Waals surface area (Å²) in [5.41, 5.74) is 6.53. The Morgan fingerprint density at radius 2 is 2.00 bits per heavy atom. The number of rotatable bonds is 3. The largest absolute Gasteiger partial charge is 0.389 e. The van der Waals surface area contributed by atoms with E-state index in [1.54, 1.807) is 20.0 Å². The van der Waals surface area contributed by atoms with Crippen LogP contribution in [0.2, 0.25) is 5.02 Å². The van der Waals surface area contributed by atoms with Crippen molar-refractivity contribution >= 4 is 28.5 Å². The number of pyridine rings is 1. The third-order valence-electron chi connectivity index (χ3n) is 5.20. The van der Waals surface area contributed by atoms with Gasteiger partial charge in [-0.15, -0.1) is 0 Å². The molecule has 0 aromatic carbocycles. The zero-order valence-electron chi connectivity index (χ0n) is 17.0. The van der Waals surface area contributed by atoms with Crippen LogP contribution in [0.3, 0.4) is 0 Å². The number of fused-ring (bicyclic) bond motifs is 1. The summed E-state index contributed by atoms with van der Waals surface area (Å²) in [6.07, 6.45) is 8.39. The van der Waals surface area contributed by atoms with Crippen LogP contribution < -0.4 is 5.73 Å². The van der Waals surface area contributed by atoms with E-state index in [1.807, 2.05) is 16.8 Å². The molecule has 3 aromatic rings. The molecule has 0 bridgehead atoms. The van der Waals surface area contributed by atoms with Gasteiger partial charge in [0.05, 0.1) is 40.8 Å². The second kappa shape index (κ2) is 7.55. The highest BCUT2D eigenvalue weighted by Crippen LogP contribution is 2.34. The summed E-state index contributed by atoms with van der Waals surface area (Å²) in [5, 5.41) is 22.1. The minimum atomic E-state index is -0.934. The molecule has 0 saturated heterocycles. The van der Waals surface area contributed by atoms with Crippen LogP contribution in [0.15, 0.2) is 24.7 Å². The molecule has 3 aromatic heterocycles. The minimum absolute atomic E-state index is 0.121. The van der Waals surface area contributed by atoms with Crippen molar-refractivity contribution in [3.63, 3.8) is 0 Å². The lowest BCUT2D eigenvalue weighted by Gasteiger charge is -2.18. The van der Waals surface area contributed by atoms with Crippen LogP contribution in [0.5, 0.6) is 0 Å². The molecule has 0 radical (unpaired) electrons. The predicted octanol–water partition coefficient (Wildman–Crippen LogP) is 3.16. The molecule has 1 aliphatic carbocycles. The summed E-state index contributed by atoms with van der Waals surface area (Å²) < 4.78 is 1.91. The molecular formula is C22H24ClN5O2. The van der Waals surface area contributed by atoms with Gasteiger partial charge in [0, 0.05) is 17.1 Å². The van der Waals surface area contributed by atoms with E-state index in [0.29, 0.717) is 35.8 Å². The Hall–Kier alpha value is -2.66. The summed E-state index contributed by atoms with van der Waals surface area (Å²) in [6.45, 7) is 3.83. The lowest BCUT2D eigenvalue weighted by atomic mass is 10.0. The lowest BCUT2D eigenvalue weighted by Crippen LogP contribution is -2.25. The molecule has 1 aliphatic rings. The molecular weight excluding hydrogens is 402 g/mol. The Bertz CT molecular complexity index is 1160. The summed E-state index contributed by atoms with van der Waals surface area (Å²) in [7, 11) is 0. The molecule has 4 N–H and O–H groups in total. The third-order valence-corrected chi connectivity index (χ3v) is 5.47. The highest BCUT2D eigenvalue weighted by Gasteiger charge is 2.28. The molecule has 0 spiro atoms. The molecule has 4 rings (SSSR count). The van der Waals surface area contributed by atoms with Crippen molar-refractivity contribution in [2.45, 2.75) is 57.3 Å². The average molecular weight is 426 g/mol. The van der Waals surface area contributed by atoms with Gasteiger partial charge in [-0.25, -0.2) is 15.0 Å². The molecule has 30 heavy (non-hydrogen) atoms. The highest BCUT2D eigenvalue weighted by atomic mass is 35.5. The van der Waals surface area contributed by atoms with E-state index in [2.05, 4.69) is 26.8 Å². The Kier molecular flexibility index (Phi) is 5.18. The zero-order chi connectivity index (χ0) is 21.5. The molecule has 0 amide bonds. The van der Waals surface area contributed by atoms with E-state index in [9.17, 15) is 10.2 Å². The summed E-state index contributed by atoms with van der Waals surface area (Å²) >= 11 is 6.36. The summed E-state index contributed by atoms with van der Waals surface area (Å²) in [6, 6.07) is 1.85. The van der Waals surface area contributed by atoms with Crippen LogP contribution in [0.4, 0.5) is 5.95 Å². The highest BCUT2D eigenvalue weighted by molar-refractivity contribution is 6.33. The van der Waals surface area contributed by atoms with Crippen LogP contribution in [0.25, 0.3) is 22.2 Å². The Morgan fingerprint density at radius 1 is 1.27 bits per heavy atom. The second-order valence-corrected chi connectivity index (χ2v) is 8.89. The van der Waals surface area contributed by atoms with E-state index in [4.69, 9.17) is 17.3 Å². The van der Waals surface area contributed by atoms with E-state index < -0.39 is 11.2 Å². The van der Waals surface area contributed by atoms with Crippen molar-refractivity contribution in [2.24, 2.45) is 0 Å². The molecule has 0 unspecified atom stereocenters. The fourth-order valence-electron chi connectivity index (χ4n) is 3.83. The summed E-state index contributed by atoms with van der Waals surface area (Å²) in [4.78, 5) is 12.7. The van der Waals surface area contributed by atoms with Gasteiger partial charge in [0.1, 0.15) is 11.3 Å². The number of nitrogens with zero attached hydrogens (tertiary/aromatic N) is 4. The topological polar surface area (TPSA) is 110 Å². The first-order valence-corrected chi connectivity index (χ1v) is 10.3. The van der Waals surface area contributed by atoms with Gasteiger partial charge in [-0.3, -0.25) is 0 Å². The van der Waals surface area contributed by atoms with Crippen molar-refractivity contribution in [1.29, 1.82) is 0 Å². The summed E-state index contributed by atoms with van der Waals surface area (Å²) in [5.74, 6) is 6.13. The second-order valence-electron chi connectivity index (χ2n) is 8.48. The standard InChI is InChI=1S/C22H24ClN5O2/c1-21(2,29)13-28-12-16(19-17(23)10-26-20(24)27-19)15-9-14(25-11-18(15)28)5-8-22(30)6-3-4-7-22/h9-12,29-30H,3-4,6-7,13H2,1-2H3,(H2,24,26,27). The maximum atomic E-state index is 10.5. The zero-order valence-corrected chi connectivity index (χ0v) is 17.7. The van der Waals surface area contributed by atoms with Gasteiger partial charge < -0.3 is 20.5 Å². The Balaban J connectivity index is 1.86. The number of nitrogen functional groups attached to an aromatic ring is 1. The molecule has 7 nitrogen and oxygen atoms in total. The lowest BCUT2D eigenvalue weighted by molar-refractivity contribution is 0.0628. The van der Waals surface area contributed by atoms with Crippen LogP contribution in [0, 0.1) is 11.8 Å². The number of hydrogen-bond donors (Lipinski definition) is 3. The monoisotopic (exact) mass is 425 g/mol. The quantitative estimate of drug-likeness (QED) is 0.556. The van der Waals surface area contributed by atoms with Crippen LogP contribution in [0.1, 0.15) is 45.2 Å². The van der Waals surface area contributed by atoms with Gasteiger partial charge in [-0.1, -0.05) is 17.5 Å². The number of halogens is 1. The minimum Gasteiger partial charge on any atom is -0.389 e. The smallest absolute Gasteiger partial charge is 0.220 e. The average Bonchev–Trinajstić information content (AvgIpc) is 3.25. The van der Waals surface area contributed by atoms with Gasteiger partial charge in [0.2, 0.25) is 5.95 Å². The van der Waals surface area contributed by atoms with Crippen molar-refractivity contribution in [3.8, 4) is 23.1 Å². The van der Waals surface area contributed by atoms with Crippen LogP contribution >= 0.6 is 11.6 Å². The predicted molar refractivity (Wildman–Crippen MR) is 117 cm³/mol. The number of aromatic nitrogens is 4. The number of hydrogen-bond acceptors (Lipinski definition) is 6. The molecule has 3 heterocycles. The number of nitrogens with two attached hydrogens (primary N) is 1. The van der Waals surface area contributed by atoms with Gasteiger partial charge in [0.15, 0.2) is 0 Å². The van der Waals surface area contributed by atoms with E-state index in [1.165, 1.54) is 6.20 Å². The van der Waals surface area contributed by atoms with Gasteiger partial charge in [0.25, 0.3) is 0 Å². The Labute approximate surface area is 179 Å².